The molecule has 5 heteroatoms. The number of esters is 1. The van der Waals surface area contributed by atoms with Crippen LogP contribution in [-0.2, 0) is 19.3 Å². The van der Waals surface area contributed by atoms with Gasteiger partial charge in [-0.2, -0.15) is 4.36 Å². The predicted molar refractivity (Wildman–Crippen MR) is 85.6 cm³/mol. The molecule has 0 bridgehead atoms. The summed E-state index contributed by atoms with van der Waals surface area (Å²) in [6.45, 7) is 0. The van der Waals surface area contributed by atoms with Gasteiger partial charge in [-0.1, -0.05) is 36.4 Å². The molecule has 0 saturated carbocycles. The molecular weight excluding hydrogens is 298 g/mol. The molecule has 2 atom stereocenters. The molecule has 1 unspecified atom stereocenters. The lowest BCUT2D eigenvalue weighted by Crippen LogP contribution is -2.21. The molecule has 22 heavy (non-hydrogen) atoms. The van der Waals surface area contributed by atoms with Crippen LogP contribution in [0.25, 0.3) is 0 Å². The molecular formula is C17H17NO3S. The van der Waals surface area contributed by atoms with Gasteiger partial charge < -0.3 is 4.74 Å². The monoisotopic (exact) mass is 315 g/mol. The summed E-state index contributed by atoms with van der Waals surface area (Å²) in [4.78, 5) is 12.4. The fourth-order valence-electron chi connectivity index (χ4n) is 2.71. The number of ether oxygens (including phenoxy) is 1. The maximum Gasteiger partial charge on any atom is 0.306 e. The van der Waals surface area contributed by atoms with E-state index in [-0.39, 0.29) is 18.3 Å². The Balaban J connectivity index is 2.10. The quantitative estimate of drug-likeness (QED) is 0.815. The summed E-state index contributed by atoms with van der Waals surface area (Å²) in [5.41, 5.74) is 1.67. The van der Waals surface area contributed by atoms with Gasteiger partial charge in [0.05, 0.1) is 28.9 Å². The minimum Gasteiger partial charge on any atom is -0.469 e. The number of carbonyl (C=O) groups excluding carboxylic acids is 1. The average Bonchev–Trinajstić information content (AvgIpc) is 2.55. The maximum atomic E-state index is 13.3. The first-order valence-electron chi connectivity index (χ1n) is 7.08. The van der Waals surface area contributed by atoms with Gasteiger partial charge in [-0.15, -0.1) is 0 Å². The third-order valence-electron chi connectivity index (χ3n) is 3.80. The van der Waals surface area contributed by atoms with E-state index in [1.165, 1.54) is 7.11 Å². The minimum atomic E-state index is -2.57. The standard InChI is InChI=1S/C17H17NO3S/c1-21-17(19)11-13-12-22(20,14-7-3-2-4-8-14)18-16-10-6-5-9-15(13)16/h2-10,13H,11-12H2,1H3/t13-,22?/m1/s1. The molecule has 3 rings (SSSR count). The van der Waals surface area contributed by atoms with E-state index in [1.54, 1.807) is 0 Å². The van der Waals surface area contributed by atoms with Crippen molar-refractivity contribution in [2.45, 2.75) is 17.2 Å². The lowest BCUT2D eigenvalue weighted by molar-refractivity contribution is -0.140. The van der Waals surface area contributed by atoms with Gasteiger partial charge in [-0.25, -0.2) is 4.21 Å². The maximum absolute atomic E-state index is 13.3. The first-order valence-corrected chi connectivity index (χ1v) is 8.76. The third-order valence-corrected chi connectivity index (χ3v) is 6.16. The van der Waals surface area contributed by atoms with Crippen LogP contribution in [0.2, 0.25) is 0 Å². The summed E-state index contributed by atoms with van der Waals surface area (Å²) in [6.07, 6.45) is 0.215. The van der Waals surface area contributed by atoms with Crippen LogP contribution in [0, 0.1) is 0 Å². The second kappa shape index (κ2) is 5.93. The zero-order valence-corrected chi connectivity index (χ0v) is 13.1. The van der Waals surface area contributed by atoms with E-state index in [1.807, 2.05) is 54.6 Å². The molecule has 0 amide bonds. The molecule has 0 fully saturated rings. The summed E-state index contributed by atoms with van der Waals surface area (Å²) in [6, 6.07) is 16.8. The fraction of sp³-hybridized carbons (Fsp3) is 0.235. The number of methoxy groups -OCH3 is 1. The van der Waals surface area contributed by atoms with Gasteiger partial charge in [0.15, 0.2) is 0 Å². The Bertz CT molecular complexity index is 808. The van der Waals surface area contributed by atoms with Gasteiger partial charge in [-0.05, 0) is 23.8 Å². The van der Waals surface area contributed by atoms with E-state index >= 15 is 0 Å². The van der Waals surface area contributed by atoms with Crippen molar-refractivity contribution in [2.24, 2.45) is 4.36 Å². The Hall–Kier alpha value is -2.14. The first kappa shape index (κ1) is 14.8. The summed E-state index contributed by atoms with van der Waals surface area (Å²) in [5, 5.41) is 0. The molecule has 1 heterocycles. The molecule has 0 spiro atoms. The van der Waals surface area contributed by atoms with E-state index in [4.69, 9.17) is 4.74 Å². The summed E-state index contributed by atoms with van der Waals surface area (Å²) in [7, 11) is -1.20. The van der Waals surface area contributed by atoms with E-state index in [0.717, 1.165) is 5.56 Å². The number of hydrogen-bond acceptors (Lipinski definition) is 4. The van der Waals surface area contributed by atoms with Crippen LogP contribution < -0.4 is 0 Å². The van der Waals surface area contributed by atoms with Crippen LogP contribution in [0.15, 0.2) is 63.9 Å². The van der Waals surface area contributed by atoms with E-state index < -0.39 is 9.73 Å². The molecule has 0 aliphatic carbocycles. The van der Waals surface area contributed by atoms with Crippen molar-refractivity contribution < 1.29 is 13.7 Å². The molecule has 0 N–H and O–H groups in total. The number of carbonyl (C=O) groups is 1. The van der Waals surface area contributed by atoms with Gasteiger partial charge >= 0.3 is 5.97 Å². The van der Waals surface area contributed by atoms with Crippen molar-refractivity contribution in [1.29, 1.82) is 0 Å². The van der Waals surface area contributed by atoms with Crippen LogP contribution >= 0.6 is 0 Å². The van der Waals surface area contributed by atoms with Crippen LogP contribution in [0.5, 0.6) is 0 Å². The Morgan fingerprint density at radius 1 is 1.18 bits per heavy atom. The van der Waals surface area contributed by atoms with Crippen molar-refractivity contribution in [3.05, 3.63) is 60.2 Å². The van der Waals surface area contributed by atoms with Crippen LogP contribution in [0.4, 0.5) is 5.69 Å². The number of rotatable bonds is 3. The highest BCUT2D eigenvalue weighted by atomic mass is 32.2. The zero-order valence-electron chi connectivity index (χ0n) is 12.3. The molecule has 0 radical (unpaired) electrons. The van der Waals surface area contributed by atoms with Crippen molar-refractivity contribution in [3.8, 4) is 0 Å². The topological polar surface area (TPSA) is 55.7 Å². The third kappa shape index (κ3) is 2.76. The van der Waals surface area contributed by atoms with Gasteiger partial charge in [-0.3, -0.25) is 4.79 Å². The number of fused-ring (bicyclic) bond motifs is 1. The largest absolute Gasteiger partial charge is 0.469 e. The smallest absolute Gasteiger partial charge is 0.306 e. The van der Waals surface area contributed by atoms with Crippen molar-refractivity contribution in [2.75, 3.05) is 12.9 Å². The van der Waals surface area contributed by atoms with Crippen LogP contribution in [-0.4, -0.2) is 23.0 Å². The summed E-state index contributed by atoms with van der Waals surface area (Å²) in [5.74, 6) is -0.103. The minimum absolute atomic E-state index is 0.145. The Morgan fingerprint density at radius 2 is 1.86 bits per heavy atom. The lowest BCUT2D eigenvalue weighted by Gasteiger charge is -2.25. The normalized spacial score (nSPS) is 23.2. The van der Waals surface area contributed by atoms with E-state index in [2.05, 4.69) is 4.36 Å². The highest BCUT2D eigenvalue weighted by Crippen LogP contribution is 2.38. The molecule has 4 nitrogen and oxygen atoms in total. The van der Waals surface area contributed by atoms with Gasteiger partial charge in [0.1, 0.15) is 0 Å². The fourth-order valence-corrected chi connectivity index (χ4v) is 4.99. The van der Waals surface area contributed by atoms with Crippen molar-refractivity contribution in [1.82, 2.24) is 0 Å². The van der Waals surface area contributed by atoms with E-state index in [9.17, 15) is 9.00 Å². The second-order valence-corrected chi connectivity index (χ2v) is 7.52. The number of benzene rings is 2. The molecule has 0 aromatic heterocycles. The molecule has 1 aliphatic heterocycles. The second-order valence-electron chi connectivity index (χ2n) is 5.25. The lowest BCUT2D eigenvalue weighted by atomic mass is 9.96. The molecule has 0 saturated heterocycles. The Morgan fingerprint density at radius 3 is 2.59 bits per heavy atom. The molecule has 114 valence electrons. The molecule has 1 aliphatic rings. The highest BCUT2D eigenvalue weighted by Gasteiger charge is 2.29. The zero-order chi connectivity index (χ0) is 15.6. The molecule has 2 aromatic carbocycles. The highest BCUT2D eigenvalue weighted by molar-refractivity contribution is 7.93. The summed E-state index contributed by atoms with van der Waals surface area (Å²) >= 11 is 0. The summed E-state index contributed by atoms with van der Waals surface area (Å²) < 4.78 is 22.6. The number of nitrogens with zero attached hydrogens (tertiary/aromatic N) is 1. The molecule has 2 aromatic rings. The van der Waals surface area contributed by atoms with Gasteiger partial charge in [0, 0.05) is 16.6 Å². The van der Waals surface area contributed by atoms with Crippen LogP contribution in [0.3, 0.4) is 0 Å². The van der Waals surface area contributed by atoms with Gasteiger partial charge in [0.25, 0.3) is 0 Å². The Kier molecular flexibility index (Phi) is 3.98. The Labute approximate surface area is 130 Å². The van der Waals surface area contributed by atoms with Crippen molar-refractivity contribution in [3.63, 3.8) is 0 Å². The predicted octanol–water partition coefficient (Wildman–Crippen LogP) is 3.51. The van der Waals surface area contributed by atoms with Crippen molar-refractivity contribution >= 4 is 21.4 Å². The van der Waals surface area contributed by atoms with Crippen LogP contribution in [0.1, 0.15) is 17.9 Å². The van der Waals surface area contributed by atoms with Gasteiger partial charge in [0.2, 0.25) is 0 Å². The number of hydrogen-bond donors (Lipinski definition) is 0. The average molecular weight is 315 g/mol. The van der Waals surface area contributed by atoms with E-state index in [0.29, 0.717) is 16.3 Å². The SMILES string of the molecule is COC(=O)C[C@@H]1CS(=O)(c2ccccc2)=Nc2ccccc21. The first-order chi connectivity index (χ1) is 10.6.